The standard InChI is InChI=1S/C8HBr3F3N/c9-4-1-5(10)6(8(12,13)14)7(11)3(4)2-15/h1H. The zero-order valence-corrected chi connectivity index (χ0v) is 11.6. The Kier molecular flexibility index (Phi) is 3.85. The predicted octanol–water partition coefficient (Wildman–Crippen LogP) is 4.86. The first kappa shape index (κ1) is 13.0. The molecule has 0 unspecified atom stereocenters. The molecule has 0 spiro atoms. The summed E-state index contributed by atoms with van der Waals surface area (Å²) in [6.45, 7) is 0. The van der Waals surface area contributed by atoms with Gasteiger partial charge in [0.15, 0.2) is 0 Å². The van der Waals surface area contributed by atoms with Gasteiger partial charge in [0, 0.05) is 13.4 Å². The highest BCUT2D eigenvalue weighted by Crippen LogP contribution is 2.43. The number of nitriles is 1. The van der Waals surface area contributed by atoms with Crippen LogP contribution in [0.15, 0.2) is 19.5 Å². The van der Waals surface area contributed by atoms with Gasteiger partial charge in [-0.25, -0.2) is 0 Å². The van der Waals surface area contributed by atoms with Crippen LogP contribution in [-0.2, 0) is 6.18 Å². The van der Waals surface area contributed by atoms with Crippen molar-refractivity contribution < 1.29 is 13.2 Å². The third-order valence-electron chi connectivity index (χ3n) is 1.57. The second kappa shape index (κ2) is 4.44. The lowest BCUT2D eigenvalue weighted by Crippen LogP contribution is -2.08. The van der Waals surface area contributed by atoms with Crippen LogP contribution < -0.4 is 0 Å². The molecular formula is C8HBr3F3N. The number of alkyl halides is 3. The van der Waals surface area contributed by atoms with Crippen LogP contribution in [0.1, 0.15) is 11.1 Å². The number of hydrogen-bond donors (Lipinski definition) is 0. The number of hydrogen-bond acceptors (Lipinski definition) is 1. The van der Waals surface area contributed by atoms with Crippen LogP contribution >= 0.6 is 47.8 Å². The van der Waals surface area contributed by atoms with Gasteiger partial charge in [-0.05, 0) is 37.9 Å². The predicted molar refractivity (Wildman–Crippen MR) is 59.3 cm³/mol. The van der Waals surface area contributed by atoms with E-state index in [-0.39, 0.29) is 14.5 Å². The molecule has 0 saturated heterocycles. The molecule has 0 aliphatic carbocycles. The van der Waals surface area contributed by atoms with E-state index in [1.807, 2.05) is 0 Å². The van der Waals surface area contributed by atoms with Gasteiger partial charge in [0.2, 0.25) is 0 Å². The lowest BCUT2D eigenvalue weighted by atomic mass is 10.1. The van der Waals surface area contributed by atoms with Gasteiger partial charge < -0.3 is 0 Å². The number of rotatable bonds is 0. The molecule has 0 aliphatic rings. The molecule has 1 rings (SSSR count). The molecule has 0 radical (unpaired) electrons. The van der Waals surface area contributed by atoms with E-state index in [1.54, 1.807) is 6.07 Å². The maximum absolute atomic E-state index is 12.6. The average molecular weight is 408 g/mol. The summed E-state index contributed by atoms with van der Waals surface area (Å²) in [5, 5.41) is 8.69. The monoisotopic (exact) mass is 405 g/mol. The Morgan fingerprint density at radius 1 is 1.13 bits per heavy atom. The molecule has 80 valence electrons. The van der Waals surface area contributed by atoms with Crippen molar-refractivity contribution in [2.75, 3.05) is 0 Å². The lowest BCUT2D eigenvalue weighted by molar-refractivity contribution is -0.138. The van der Waals surface area contributed by atoms with Crippen molar-refractivity contribution in [2.24, 2.45) is 0 Å². The molecular weight excluding hydrogens is 407 g/mol. The summed E-state index contributed by atoms with van der Waals surface area (Å²) >= 11 is 8.59. The van der Waals surface area contributed by atoms with Gasteiger partial charge in [0.1, 0.15) is 6.07 Å². The van der Waals surface area contributed by atoms with Crippen LogP contribution in [0.5, 0.6) is 0 Å². The van der Waals surface area contributed by atoms with Crippen LogP contribution in [0.3, 0.4) is 0 Å². The second-order valence-corrected chi connectivity index (χ2v) is 5.02. The summed E-state index contributed by atoms with van der Waals surface area (Å²) in [4.78, 5) is 0. The molecule has 1 aromatic carbocycles. The summed E-state index contributed by atoms with van der Waals surface area (Å²) in [6, 6.07) is 2.89. The van der Waals surface area contributed by atoms with Crippen molar-refractivity contribution >= 4 is 47.8 Å². The number of nitrogens with zero attached hydrogens (tertiary/aromatic N) is 1. The molecule has 0 N–H and O–H groups in total. The first-order valence-electron chi connectivity index (χ1n) is 3.43. The lowest BCUT2D eigenvalue weighted by Gasteiger charge is -2.13. The summed E-state index contributed by atoms with van der Waals surface area (Å²) in [5.41, 5.74) is -0.965. The van der Waals surface area contributed by atoms with Crippen LogP contribution in [0.4, 0.5) is 13.2 Å². The van der Waals surface area contributed by atoms with E-state index >= 15 is 0 Å². The molecule has 0 saturated carbocycles. The van der Waals surface area contributed by atoms with Gasteiger partial charge in [0.25, 0.3) is 0 Å². The molecule has 0 heterocycles. The highest BCUT2D eigenvalue weighted by atomic mass is 79.9. The first-order valence-corrected chi connectivity index (χ1v) is 5.81. The summed E-state index contributed by atoms with van der Waals surface area (Å²) in [6.07, 6.45) is -4.51. The molecule has 7 heteroatoms. The summed E-state index contributed by atoms with van der Waals surface area (Å²) in [5.74, 6) is 0. The number of benzene rings is 1. The van der Waals surface area contributed by atoms with Gasteiger partial charge in [0.05, 0.1) is 11.1 Å². The fraction of sp³-hybridized carbons (Fsp3) is 0.125. The third-order valence-corrected chi connectivity index (χ3v) is 3.61. The second-order valence-electron chi connectivity index (χ2n) is 2.51. The normalized spacial score (nSPS) is 11.3. The third kappa shape index (κ3) is 2.55. The first-order chi connectivity index (χ1) is 6.79. The molecule has 1 nitrogen and oxygen atoms in total. The zero-order chi connectivity index (χ0) is 11.8. The van der Waals surface area contributed by atoms with Crippen molar-refractivity contribution in [1.29, 1.82) is 5.26 Å². The van der Waals surface area contributed by atoms with Gasteiger partial charge in [-0.3, -0.25) is 0 Å². The van der Waals surface area contributed by atoms with E-state index in [9.17, 15) is 13.2 Å². The minimum absolute atomic E-state index is 0.0782. The van der Waals surface area contributed by atoms with Gasteiger partial charge in [-0.15, -0.1) is 0 Å². The molecule has 0 aromatic heterocycles. The van der Waals surface area contributed by atoms with Crippen LogP contribution in [-0.4, -0.2) is 0 Å². The Morgan fingerprint density at radius 3 is 2.07 bits per heavy atom. The van der Waals surface area contributed by atoms with E-state index in [4.69, 9.17) is 5.26 Å². The minimum Gasteiger partial charge on any atom is -0.192 e. The Balaban J connectivity index is 3.63. The fourth-order valence-corrected chi connectivity index (χ4v) is 3.70. The van der Waals surface area contributed by atoms with Crippen LogP contribution in [0.25, 0.3) is 0 Å². The van der Waals surface area contributed by atoms with E-state index in [1.165, 1.54) is 6.07 Å². The van der Waals surface area contributed by atoms with Crippen molar-refractivity contribution in [3.8, 4) is 6.07 Å². The van der Waals surface area contributed by atoms with Crippen LogP contribution in [0, 0.1) is 11.3 Å². The van der Waals surface area contributed by atoms with Crippen molar-refractivity contribution in [1.82, 2.24) is 0 Å². The zero-order valence-electron chi connectivity index (χ0n) is 6.79. The Morgan fingerprint density at radius 2 is 1.67 bits per heavy atom. The summed E-state index contributed by atoms with van der Waals surface area (Å²) in [7, 11) is 0. The molecule has 0 atom stereocenters. The smallest absolute Gasteiger partial charge is 0.192 e. The average Bonchev–Trinajstić information content (AvgIpc) is 2.00. The maximum Gasteiger partial charge on any atom is 0.418 e. The highest BCUT2D eigenvalue weighted by Gasteiger charge is 2.37. The van der Waals surface area contributed by atoms with E-state index in [0.717, 1.165) is 0 Å². The topological polar surface area (TPSA) is 23.8 Å². The van der Waals surface area contributed by atoms with Gasteiger partial charge >= 0.3 is 6.18 Å². The molecule has 0 amide bonds. The Labute approximate surface area is 109 Å². The van der Waals surface area contributed by atoms with Crippen molar-refractivity contribution in [2.45, 2.75) is 6.18 Å². The highest BCUT2D eigenvalue weighted by molar-refractivity contribution is 9.11. The quantitative estimate of drug-likeness (QED) is 0.602. The molecule has 0 fully saturated rings. The fourth-order valence-electron chi connectivity index (χ4n) is 0.953. The van der Waals surface area contributed by atoms with Gasteiger partial charge in [-0.1, -0.05) is 15.9 Å². The molecule has 15 heavy (non-hydrogen) atoms. The van der Waals surface area contributed by atoms with E-state index in [2.05, 4.69) is 47.8 Å². The van der Waals surface area contributed by atoms with Gasteiger partial charge in [-0.2, -0.15) is 18.4 Å². The SMILES string of the molecule is N#Cc1c(Br)cc(Br)c(C(F)(F)F)c1Br. The van der Waals surface area contributed by atoms with Crippen LogP contribution in [0.2, 0.25) is 0 Å². The molecule has 0 bridgehead atoms. The maximum atomic E-state index is 12.6. The minimum atomic E-state index is -4.51. The van der Waals surface area contributed by atoms with E-state index in [0.29, 0.717) is 4.47 Å². The van der Waals surface area contributed by atoms with E-state index < -0.39 is 11.7 Å². The Bertz CT molecular complexity index is 448. The Hall–Kier alpha value is -0.0600. The summed E-state index contributed by atoms with van der Waals surface area (Å²) < 4.78 is 37.6. The number of halogens is 6. The largest absolute Gasteiger partial charge is 0.418 e. The molecule has 0 aliphatic heterocycles. The van der Waals surface area contributed by atoms with Crippen molar-refractivity contribution in [3.63, 3.8) is 0 Å². The van der Waals surface area contributed by atoms with Crippen molar-refractivity contribution in [3.05, 3.63) is 30.6 Å². The molecule has 1 aromatic rings.